The zero-order chi connectivity index (χ0) is 7.49. The van der Waals surface area contributed by atoms with Gasteiger partial charge in [0.1, 0.15) is 0 Å². The van der Waals surface area contributed by atoms with Crippen molar-refractivity contribution in [3.8, 4) is 0 Å². The van der Waals surface area contributed by atoms with E-state index in [2.05, 4.69) is 5.32 Å². The van der Waals surface area contributed by atoms with E-state index >= 15 is 0 Å². The predicted octanol–water partition coefficient (Wildman–Crippen LogP) is 1.18. The van der Waals surface area contributed by atoms with Gasteiger partial charge in [0, 0.05) is 12.0 Å². The Morgan fingerprint density at radius 3 is 2.00 bits per heavy atom. The van der Waals surface area contributed by atoms with Crippen LogP contribution in [0.2, 0.25) is 0 Å². The van der Waals surface area contributed by atoms with E-state index in [0.29, 0.717) is 6.54 Å². The summed E-state index contributed by atoms with van der Waals surface area (Å²) in [6.07, 6.45) is 0. The number of hydrogen-bond acceptors (Lipinski definition) is 1. The van der Waals surface area contributed by atoms with Crippen molar-refractivity contribution in [3.63, 3.8) is 0 Å². The predicted molar refractivity (Wildman–Crippen MR) is 37.1 cm³/mol. The summed E-state index contributed by atoms with van der Waals surface area (Å²) in [5.74, 6) is -0.00926. The van der Waals surface area contributed by atoms with Crippen LogP contribution in [-0.2, 0) is 4.79 Å². The van der Waals surface area contributed by atoms with Crippen LogP contribution in [-0.4, -0.2) is 12.5 Å². The van der Waals surface area contributed by atoms with Crippen molar-refractivity contribution in [2.75, 3.05) is 6.54 Å². The molecule has 1 amide bonds. The molecule has 0 fully saturated rings. The van der Waals surface area contributed by atoms with Crippen molar-refractivity contribution < 1.29 is 4.79 Å². The second-order valence-electron chi connectivity index (χ2n) is 3.03. The van der Waals surface area contributed by atoms with Crippen LogP contribution in [0.4, 0.5) is 0 Å². The lowest BCUT2D eigenvalue weighted by molar-refractivity contribution is -0.128. The average Bonchev–Trinajstić information content (AvgIpc) is 1.64. The summed E-state index contributed by atoms with van der Waals surface area (Å²) in [6.45, 7) is 8.07. The average molecular weight is 128 g/mol. The quantitative estimate of drug-likeness (QED) is 0.521. The number of carbonyl (C=O) groups excluding carboxylic acids is 1. The van der Waals surface area contributed by atoms with Gasteiger partial charge in [-0.15, -0.1) is 0 Å². The highest BCUT2D eigenvalue weighted by atomic mass is 16.2. The summed E-state index contributed by atoms with van der Waals surface area (Å²) in [6, 6.07) is 0. The Morgan fingerprint density at radius 2 is 1.89 bits per heavy atom. The fraction of sp³-hybridized carbons (Fsp3) is 0.857. The van der Waals surface area contributed by atoms with Crippen LogP contribution in [0.5, 0.6) is 0 Å². The second kappa shape index (κ2) is 2.85. The summed E-state index contributed by atoms with van der Waals surface area (Å²) in [7, 11) is 0. The van der Waals surface area contributed by atoms with Gasteiger partial charge in [-0.3, -0.25) is 10.1 Å². The first-order valence-electron chi connectivity index (χ1n) is 3.20. The molecule has 1 radical (unpaired) electrons. The summed E-state index contributed by atoms with van der Waals surface area (Å²) in [5, 5.41) is 3.76. The van der Waals surface area contributed by atoms with E-state index in [4.69, 9.17) is 0 Å². The number of amides is 1. The van der Waals surface area contributed by atoms with Gasteiger partial charge in [-0.25, -0.2) is 0 Å². The first-order chi connectivity index (χ1) is 3.98. The van der Waals surface area contributed by atoms with E-state index in [1.807, 2.05) is 27.7 Å². The third-order valence-electron chi connectivity index (χ3n) is 0.943. The molecule has 0 spiro atoms. The molecule has 2 heteroatoms. The van der Waals surface area contributed by atoms with Gasteiger partial charge in [0.2, 0.25) is 5.91 Å². The molecule has 2 nitrogen and oxygen atoms in total. The molecule has 0 rings (SSSR count). The van der Waals surface area contributed by atoms with Crippen LogP contribution in [0.25, 0.3) is 0 Å². The Kier molecular flexibility index (Phi) is 2.68. The molecule has 0 saturated heterocycles. The maximum Gasteiger partial charge on any atom is 0.246 e. The number of nitrogens with zero attached hydrogens (tertiary/aromatic N) is 1. The Bertz CT molecular complexity index is 102. The molecule has 0 heterocycles. The molecule has 0 aliphatic heterocycles. The van der Waals surface area contributed by atoms with E-state index in [0.717, 1.165) is 0 Å². The van der Waals surface area contributed by atoms with Crippen molar-refractivity contribution in [1.29, 1.82) is 0 Å². The topological polar surface area (TPSA) is 31.2 Å². The molecule has 0 aliphatic rings. The standard InChI is InChI=1S/C7H14NO/c1-5-8-6(9)7(2,3)4/h5H2,1-4H3. The lowest BCUT2D eigenvalue weighted by atomic mass is 9.96. The van der Waals surface area contributed by atoms with Gasteiger partial charge in [0.15, 0.2) is 0 Å². The Labute approximate surface area is 56.6 Å². The third-order valence-corrected chi connectivity index (χ3v) is 0.943. The van der Waals surface area contributed by atoms with Crippen LogP contribution in [0.15, 0.2) is 0 Å². The highest BCUT2D eigenvalue weighted by molar-refractivity contribution is 5.80. The summed E-state index contributed by atoms with van der Waals surface area (Å²) >= 11 is 0. The zero-order valence-electron chi connectivity index (χ0n) is 6.56. The van der Waals surface area contributed by atoms with Crippen molar-refractivity contribution >= 4 is 5.91 Å². The first kappa shape index (κ1) is 8.47. The van der Waals surface area contributed by atoms with Crippen LogP contribution in [0.3, 0.4) is 0 Å². The normalized spacial score (nSPS) is 11.1. The molecule has 53 valence electrons. The SMILES string of the molecule is CC[N]C(=O)C(C)(C)C. The monoisotopic (exact) mass is 128 g/mol. The minimum atomic E-state index is -0.296. The summed E-state index contributed by atoms with van der Waals surface area (Å²) in [5.41, 5.74) is -0.296. The van der Waals surface area contributed by atoms with Crippen molar-refractivity contribution in [1.82, 2.24) is 5.32 Å². The molecule has 0 N–H and O–H groups in total. The smallest absolute Gasteiger partial charge is 0.246 e. The largest absolute Gasteiger partial charge is 0.272 e. The Morgan fingerprint density at radius 1 is 1.44 bits per heavy atom. The van der Waals surface area contributed by atoms with Gasteiger partial charge in [0.25, 0.3) is 0 Å². The third kappa shape index (κ3) is 3.12. The van der Waals surface area contributed by atoms with Crippen LogP contribution in [0, 0.1) is 5.41 Å². The molecular weight excluding hydrogens is 114 g/mol. The maximum absolute atomic E-state index is 10.9. The fourth-order valence-corrected chi connectivity index (χ4v) is 0.381. The molecule has 0 aromatic carbocycles. The molecule has 0 aromatic rings. The van der Waals surface area contributed by atoms with E-state index in [1.165, 1.54) is 0 Å². The van der Waals surface area contributed by atoms with Crippen LogP contribution in [0.1, 0.15) is 27.7 Å². The molecule has 0 unspecified atom stereocenters. The van der Waals surface area contributed by atoms with E-state index in [-0.39, 0.29) is 11.3 Å². The maximum atomic E-state index is 10.9. The summed E-state index contributed by atoms with van der Waals surface area (Å²) in [4.78, 5) is 10.9. The fourth-order valence-electron chi connectivity index (χ4n) is 0.381. The van der Waals surface area contributed by atoms with Crippen molar-refractivity contribution in [2.45, 2.75) is 27.7 Å². The van der Waals surface area contributed by atoms with Gasteiger partial charge < -0.3 is 0 Å². The van der Waals surface area contributed by atoms with Crippen LogP contribution < -0.4 is 5.32 Å². The number of carbonyl (C=O) groups is 1. The van der Waals surface area contributed by atoms with Gasteiger partial charge in [-0.2, -0.15) is 0 Å². The van der Waals surface area contributed by atoms with Crippen molar-refractivity contribution in [3.05, 3.63) is 0 Å². The molecule has 0 bridgehead atoms. The van der Waals surface area contributed by atoms with E-state index < -0.39 is 0 Å². The van der Waals surface area contributed by atoms with Crippen LogP contribution >= 0.6 is 0 Å². The highest BCUT2D eigenvalue weighted by Crippen LogP contribution is 2.12. The summed E-state index contributed by atoms with van der Waals surface area (Å²) < 4.78 is 0. The Balaban J connectivity index is 3.74. The minimum absolute atomic E-state index is 0.00926. The Hall–Kier alpha value is -0.530. The van der Waals surface area contributed by atoms with Gasteiger partial charge in [0.05, 0.1) is 0 Å². The highest BCUT2D eigenvalue weighted by Gasteiger charge is 2.20. The van der Waals surface area contributed by atoms with Gasteiger partial charge in [-0.05, 0) is 6.92 Å². The van der Waals surface area contributed by atoms with E-state index in [1.54, 1.807) is 0 Å². The van der Waals surface area contributed by atoms with E-state index in [9.17, 15) is 4.79 Å². The number of rotatable bonds is 1. The van der Waals surface area contributed by atoms with Gasteiger partial charge >= 0.3 is 0 Å². The lowest BCUT2D eigenvalue weighted by Crippen LogP contribution is -2.29. The van der Waals surface area contributed by atoms with Gasteiger partial charge in [-0.1, -0.05) is 20.8 Å². The molecule has 0 atom stereocenters. The number of hydrogen-bond donors (Lipinski definition) is 0. The minimum Gasteiger partial charge on any atom is -0.272 e. The van der Waals surface area contributed by atoms with Crippen molar-refractivity contribution in [2.24, 2.45) is 5.41 Å². The second-order valence-corrected chi connectivity index (χ2v) is 3.03. The lowest BCUT2D eigenvalue weighted by Gasteiger charge is -2.14. The molecule has 0 aliphatic carbocycles. The molecular formula is C7H14NO. The molecule has 9 heavy (non-hydrogen) atoms. The molecule has 0 aromatic heterocycles. The molecule has 0 saturated carbocycles. The first-order valence-corrected chi connectivity index (χ1v) is 3.20. The zero-order valence-corrected chi connectivity index (χ0v) is 6.56.